The zero-order valence-electron chi connectivity index (χ0n) is 12.2. The smallest absolute Gasteiger partial charge is 0.411 e. The van der Waals surface area contributed by atoms with Crippen molar-refractivity contribution in [1.29, 1.82) is 0 Å². The third kappa shape index (κ3) is 4.75. The van der Waals surface area contributed by atoms with E-state index in [1.54, 1.807) is 6.92 Å². The van der Waals surface area contributed by atoms with Gasteiger partial charge in [-0.1, -0.05) is 37.3 Å². The largest absolute Gasteiger partial charge is 0.480 e. The van der Waals surface area contributed by atoms with Crippen LogP contribution in [0.5, 0.6) is 0 Å². The highest BCUT2D eigenvalue weighted by molar-refractivity contribution is 5.79. The van der Waals surface area contributed by atoms with Gasteiger partial charge < -0.3 is 14.9 Å². The number of nitrogens with zero attached hydrogens (tertiary/aromatic N) is 1. The van der Waals surface area contributed by atoms with Gasteiger partial charge in [0, 0.05) is 0 Å². The standard InChI is InChI=1S/C15H21NO5/c1-3-13(9-17)16(11(2)14(18)19)15(20)21-10-12-7-5-4-6-8-12/h4-8,11,13,17H,3,9-10H2,1-2H3,(H,18,19). The number of hydrogen-bond acceptors (Lipinski definition) is 4. The molecule has 2 unspecified atom stereocenters. The predicted molar refractivity (Wildman–Crippen MR) is 76.7 cm³/mol. The van der Waals surface area contributed by atoms with Crippen molar-refractivity contribution in [2.24, 2.45) is 0 Å². The van der Waals surface area contributed by atoms with E-state index in [9.17, 15) is 14.7 Å². The maximum Gasteiger partial charge on any atom is 0.411 e. The molecule has 0 bridgehead atoms. The number of aliphatic hydroxyl groups excluding tert-OH is 1. The van der Waals surface area contributed by atoms with Crippen LogP contribution in [-0.4, -0.2) is 45.9 Å². The summed E-state index contributed by atoms with van der Waals surface area (Å²) in [7, 11) is 0. The van der Waals surface area contributed by atoms with Crippen molar-refractivity contribution in [3.63, 3.8) is 0 Å². The van der Waals surface area contributed by atoms with Gasteiger partial charge in [0.2, 0.25) is 0 Å². The zero-order chi connectivity index (χ0) is 15.8. The minimum absolute atomic E-state index is 0.0599. The Balaban J connectivity index is 2.77. The van der Waals surface area contributed by atoms with Crippen LogP contribution < -0.4 is 0 Å². The van der Waals surface area contributed by atoms with Crippen LogP contribution in [0.2, 0.25) is 0 Å². The summed E-state index contributed by atoms with van der Waals surface area (Å²) >= 11 is 0. The first-order valence-corrected chi connectivity index (χ1v) is 6.83. The summed E-state index contributed by atoms with van der Waals surface area (Å²) in [5, 5.41) is 18.4. The van der Waals surface area contributed by atoms with E-state index in [4.69, 9.17) is 9.84 Å². The fourth-order valence-electron chi connectivity index (χ4n) is 1.95. The number of carboxylic acid groups (broad SMARTS) is 1. The number of rotatable bonds is 7. The summed E-state index contributed by atoms with van der Waals surface area (Å²) in [5.41, 5.74) is 0.811. The lowest BCUT2D eigenvalue weighted by atomic mass is 10.1. The summed E-state index contributed by atoms with van der Waals surface area (Å²) in [5.74, 6) is -1.14. The van der Waals surface area contributed by atoms with Gasteiger partial charge in [0.05, 0.1) is 12.6 Å². The van der Waals surface area contributed by atoms with Crippen molar-refractivity contribution in [2.45, 2.75) is 39.0 Å². The molecule has 0 saturated heterocycles. The maximum atomic E-state index is 12.2. The average molecular weight is 295 g/mol. The van der Waals surface area contributed by atoms with Crippen LogP contribution >= 0.6 is 0 Å². The number of carbonyl (C=O) groups excluding carboxylic acids is 1. The van der Waals surface area contributed by atoms with Crippen LogP contribution in [0, 0.1) is 0 Å². The number of aliphatic hydroxyl groups is 1. The summed E-state index contributed by atoms with van der Waals surface area (Å²) in [6, 6.07) is 7.46. The minimum Gasteiger partial charge on any atom is -0.480 e. The highest BCUT2D eigenvalue weighted by Crippen LogP contribution is 2.13. The van der Waals surface area contributed by atoms with E-state index < -0.39 is 24.1 Å². The molecule has 1 aromatic carbocycles. The molecule has 0 aliphatic heterocycles. The van der Waals surface area contributed by atoms with Crippen LogP contribution in [0.15, 0.2) is 30.3 Å². The van der Waals surface area contributed by atoms with Crippen LogP contribution in [0.4, 0.5) is 4.79 Å². The molecule has 1 amide bonds. The molecule has 0 aliphatic rings. The lowest BCUT2D eigenvalue weighted by molar-refractivity contribution is -0.143. The van der Waals surface area contributed by atoms with Crippen molar-refractivity contribution < 1.29 is 24.5 Å². The van der Waals surface area contributed by atoms with Gasteiger partial charge in [0.25, 0.3) is 0 Å². The predicted octanol–water partition coefficient (Wildman–Crippen LogP) is 1.87. The van der Waals surface area contributed by atoms with Gasteiger partial charge in [-0.05, 0) is 18.9 Å². The monoisotopic (exact) mass is 295 g/mol. The van der Waals surface area contributed by atoms with Gasteiger partial charge in [-0.3, -0.25) is 4.90 Å². The van der Waals surface area contributed by atoms with Gasteiger partial charge in [0.1, 0.15) is 12.6 Å². The maximum absolute atomic E-state index is 12.2. The third-order valence-corrected chi connectivity index (χ3v) is 3.27. The van der Waals surface area contributed by atoms with E-state index in [2.05, 4.69) is 0 Å². The van der Waals surface area contributed by atoms with Crippen LogP contribution in [-0.2, 0) is 16.1 Å². The average Bonchev–Trinajstić information content (AvgIpc) is 2.50. The molecule has 0 fully saturated rings. The van der Waals surface area contributed by atoms with Crippen molar-refractivity contribution in [3.05, 3.63) is 35.9 Å². The molecule has 2 atom stereocenters. The van der Waals surface area contributed by atoms with E-state index >= 15 is 0 Å². The van der Waals surface area contributed by atoms with E-state index in [0.717, 1.165) is 10.5 Å². The first-order chi connectivity index (χ1) is 10.0. The molecule has 2 N–H and O–H groups in total. The van der Waals surface area contributed by atoms with E-state index in [0.29, 0.717) is 6.42 Å². The summed E-state index contributed by atoms with van der Waals surface area (Å²) in [4.78, 5) is 24.4. The summed E-state index contributed by atoms with van der Waals surface area (Å²) in [6.45, 7) is 2.91. The second-order valence-corrected chi connectivity index (χ2v) is 4.71. The molecule has 0 aromatic heterocycles. The summed E-state index contributed by atoms with van der Waals surface area (Å²) < 4.78 is 5.16. The van der Waals surface area contributed by atoms with E-state index in [1.165, 1.54) is 6.92 Å². The second-order valence-electron chi connectivity index (χ2n) is 4.71. The fourth-order valence-corrected chi connectivity index (χ4v) is 1.95. The number of aliphatic carboxylic acids is 1. The van der Waals surface area contributed by atoms with Crippen LogP contribution in [0.25, 0.3) is 0 Å². The zero-order valence-corrected chi connectivity index (χ0v) is 12.2. The van der Waals surface area contributed by atoms with Gasteiger partial charge in [-0.2, -0.15) is 0 Å². The molecule has 6 heteroatoms. The summed E-state index contributed by atoms with van der Waals surface area (Å²) in [6.07, 6.45) is -0.302. The number of carbonyl (C=O) groups is 2. The SMILES string of the molecule is CCC(CO)N(C(=O)OCc1ccccc1)C(C)C(=O)O. The molecule has 0 heterocycles. The molecule has 6 nitrogen and oxygen atoms in total. The van der Waals surface area contributed by atoms with Crippen LogP contribution in [0.1, 0.15) is 25.8 Å². The topological polar surface area (TPSA) is 87.1 Å². The van der Waals surface area contributed by atoms with Crippen molar-refractivity contribution in [2.75, 3.05) is 6.61 Å². The van der Waals surface area contributed by atoms with Gasteiger partial charge in [-0.15, -0.1) is 0 Å². The fraction of sp³-hybridized carbons (Fsp3) is 0.467. The molecule has 1 rings (SSSR count). The number of amides is 1. The van der Waals surface area contributed by atoms with Crippen molar-refractivity contribution >= 4 is 12.1 Å². The van der Waals surface area contributed by atoms with Gasteiger partial charge in [0.15, 0.2) is 0 Å². The molecule has 0 spiro atoms. The Morgan fingerprint density at radius 1 is 1.29 bits per heavy atom. The van der Waals surface area contributed by atoms with Gasteiger partial charge >= 0.3 is 12.1 Å². The van der Waals surface area contributed by atoms with Crippen molar-refractivity contribution in [3.8, 4) is 0 Å². The minimum atomic E-state index is -1.14. The Morgan fingerprint density at radius 3 is 2.38 bits per heavy atom. The Bertz CT molecular complexity index is 458. The van der Waals surface area contributed by atoms with Gasteiger partial charge in [-0.25, -0.2) is 9.59 Å². The number of carboxylic acids is 1. The molecule has 116 valence electrons. The molecule has 1 aromatic rings. The Morgan fingerprint density at radius 2 is 1.90 bits per heavy atom. The second kappa shape index (κ2) is 8.26. The number of hydrogen-bond donors (Lipinski definition) is 2. The third-order valence-electron chi connectivity index (χ3n) is 3.27. The molecule has 0 saturated carbocycles. The van der Waals surface area contributed by atoms with Crippen LogP contribution in [0.3, 0.4) is 0 Å². The molecular formula is C15H21NO5. The van der Waals surface area contributed by atoms with E-state index in [1.807, 2.05) is 30.3 Å². The number of ether oxygens (including phenoxy) is 1. The first-order valence-electron chi connectivity index (χ1n) is 6.83. The Labute approximate surface area is 124 Å². The molecular weight excluding hydrogens is 274 g/mol. The molecule has 0 aliphatic carbocycles. The Kier molecular flexibility index (Phi) is 6.68. The molecule has 21 heavy (non-hydrogen) atoms. The van der Waals surface area contributed by atoms with E-state index in [-0.39, 0.29) is 13.2 Å². The highest BCUT2D eigenvalue weighted by Gasteiger charge is 2.32. The highest BCUT2D eigenvalue weighted by atomic mass is 16.6. The number of benzene rings is 1. The van der Waals surface area contributed by atoms with Crippen molar-refractivity contribution in [1.82, 2.24) is 4.90 Å². The Hall–Kier alpha value is -2.08. The molecule has 0 radical (unpaired) electrons. The normalized spacial score (nSPS) is 13.3. The first kappa shape index (κ1) is 17.0. The quantitative estimate of drug-likeness (QED) is 0.802. The lowest BCUT2D eigenvalue weighted by Gasteiger charge is -2.32. The lowest BCUT2D eigenvalue weighted by Crippen LogP contribution is -2.50.